The van der Waals surface area contributed by atoms with Gasteiger partial charge in [0.15, 0.2) is 17.2 Å². The number of ether oxygens (including phenoxy) is 4. The maximum Gasteiger partial charge on any atom is 0.341 e. The van der Waals surface area contributed by atoms with Crippen LogP contribution in [-0.4, -0.2) is 40.5 Å². The third kappa shape index (κ3) is 4.45. The van der Waals surface area contributed by atoms with E-state index in [9.17, 15) is 9.18 Å². The van der Waals surface area contributed by atoms with Crippen LogP contribution >= 0.6 is 23.2 Å². The number of carbonyl (C=O) groups excluding carboxylic acids is 1. The number of esters is 1. The number of anilines is 1. The molecule has 34 heavy (non-hydrogen) atoms. The number of benzene rings is 3. The monoisotopic (exact) mass is 505 g/mol. The Hall–Kier alpha value is -3.16. The lowest BCUT2D eigenvalue weighted by Gasteiger charge is -2.34. The predicted molar refractivity (Wildman–Crippen MR) is 129 cm³/mol. The Balaban J connectivity index is 1.88. The molecular formula is C25H22Cl2FNO5. The first kappa shape index (κ1) is 24.0. The molecule has 0 aliphatic carbocycles. The van der Waals surface area contributed by atoms with Crippen LogP contribution in [-0.2, 0) is 11.3 Å². The number of hydrogen-bond acceptors (Lipinski definition) is 6. The highest BCUT2D eigenvalue weighted by Crippen LogP contribution is 2.48. The highest BCUT2D eigenvalue weighted by atomic mass is 35.5. The Bertz CT molecular complexity index is 1230. The summed E-state index contributed by atoms with van der Waals surface area (Å²) < 4.78 is 35.6. The molecule has 0 bridgehead atoms. The van der Waals surface area contributed by atoms with Crippen LogP contribution in [0.3, 0.4) is 0 Å². The molecule has 3 aromatic carbocycles. The number of rotatable bonds is 6. The van der Waals surface area contributed by atoms with E-state index in [1.807, 2.05) is 18.2 Å². The molecule has 1 heterocycles. The molecule has 6 nitrogen and oxygen atoms in total. The molecule has 178 valence electrons. The molecule has 4 rings (SSSR count). The van der Waals surface area contributed by atoms with Crippen LogP contribution in [0.15, 0.2) is 42.5 Å². The smallest absolute Gasteiger partial charge is 0.341 e. The van der Waals surface area contributed by atoms with Crippen LogP contribution in [0.25, 0.3) is 11.1 Å². The van der Waals surface area contributed by atoms with Crippen LogP contribution in [0.2, 0.25) is 10.0 Å². The quantitative estimate of drug-likeness (QED) is 0.382. The van der Waals surface area contributed by atoms with Crippen molar-refractivity contribution in [1.29, 1.82) is 0 Å². The highest BCUT2D eigenvalue weighted by molar-refractivity contribution is 6.39. The molecule has 0 fully saturated rings. The van der Waals surface area contributed by atoms with Gasteiger partial charge in [-0.3, -0.25) is 0 Å². The molecule has 1 aliphatic rings. The summed E-state index contributed by atoms with van der Waals surface area (Å²) in [5, 5.41) is 0.296. The third-order valence-corrected chi connectivity index (χ3v) is 6.15. The van der Waals surface area contributed by atoms with E-state index in [1.165, 1.54) is 19.2 Å². The van der Waals surface area contributed by atoms with Gasteiger partial charge in [-0.2, -0.15) is 0 Å². The van der Waals surface area contributed by atoms with E-state index in [-0.39, 0.29) is 15.6 Å². The fraction of sp³-hybridized carbons (Fsp3) is 0.240. The Morgan fingerprint density at radius 2 is 1.74 bits per heavy atom. The minimum absolute atomic E-state index is 0.148. The number of carbonyl (C=O) groups is 1. The van der Waals surface area contributed by atoms with E-state index in [1.54, 1.807) is 26.4 Å². The molecule has 0 atom stereocenters. The third-order valence-electron chi connectivity index (χ3n) is 5.56. The molecule has 1 aliphatic heterocycles. The minimum Gasteiger partial charge on any atom is -0.493 e. The second kappa shape index (κ2) is 9.99. The van der Waals surface area contributed by atoms with Crippen molar-refractivity contribution in [2.24, 2.45) is 0 Å². The van der Waals surface area contributed by atoms with E-state index in [0.717, 1.165) is 5.56 Å². The second-order valence-corrected chi connectivity index (χ2v) is 8.35. The first-order valence-corrected chi connectivity index (χ1v) is 11.1. The normalized spacial score (nSPS) is 12.6. The van der Waals surface area contributed by atoms with Crippen molar-refractivity contribution in [2.75, 3.05) is 39.4 Å². The molecule has 0 aromatic heterocycles. The SMILES string of the molecule is COC(=O)c1ccc(-c2c(Cl)cc(F)cc2Cl)c2c1OCCN2Cc1ccc(OC)c(OC)c1. The average Bonchev–Trinajstić information content (AvgIpc) is 2.83. The van der Waals surface area contributed by atoms with Gasteiger partial charge in [0.25, 0.3) is 0 Å². The van der Waals surface area contributed by atoms with Crippen LogP contribution in [0.1, 0.15) is 15.9 Å². The van der Waals surface area contributed by atoms with Crippen molar-refractivity contribution in [2.45, 2.75) is 6.54 Å². The molecule has 0 unspecified atom stereocenters. The van der Waals surface area contributed by atoms with Gasteiger partial charge in [0.1, 0.15) is 18.0 Å². The van der Waals surface area contributed by atoms with Gasteiger partial charge in [-0.15, -0.1) is 0 Å². The van der Waals surface area contributed by atoms with Gasteiger partial charge in [0.2, 0.25) is 0 Å². The van der Waals surface area contributed by atoms with Crippen LogP contribution < -0.4 is 19.1 Å². The summed E-state index contributed by atoms with van der Waals surface area (Å²) in [5.41, 5.74) is 2.88. The lowest BCUT2D eigenvalue weighted by Crippen LogP contribution is -2.33. The lowest BCUT2D eigenvalue weighted by atomic mass is 9.97. The van der Waals surface area contributed by atoms with Gasteiger partial charge in [0, 0.05) is 17.7 Å². The summed E-state index contributed by atoms with van der Waals surface area (Å²) in [5.74, 6) is 0.491. The zero-order valence-corrected chi connectivity index (χ0v) is 20.3. The number of fused-ring (bicyclic) bond motifs is 1. The van der Waals surface area contributed by atoms with Gasteiger partial charge in [-0.1, -0.05) is 35.3 Å². The van der Waals surface area contributed by atoms with E-state index >= 15 is 0 Å². The van der Waals surface area contributed by atoms with E-state index in [4.69, 9.17) is 42.1 Å². The Morgan fingerprint density at radius 3 is 2.38 bits per heavy atom. The molecule has 0 amide bonds. The maximum atomic E-state index is 13.9. The van der Waals surface area contributed by atoms with Crippen LogP contribution in [0, 0.1) is 5.82 Å². The minimum atomic E-state index is -0.544. The van der Waals surface area contributed by atoms with Crippen molar-refractivity contribution in [3.05, 3.63) is 69.5 Å². The highest BCUT2D eigenvalue weighted by Gasteiger charge is 2.30. The number of halogens is 3. The molecular weight excluding hydrogens is 484 g/mol. The van der Waals surface area contributed by atoms with Crippen molar-refractivity contribution >= 4 is 34.9 Å². The van der Waals surface area contributed by atoms with Gasteiger partial charge >= 0.3 is 5.97 Å². The fourth-order valence-electron chi connectivity index (χ4n) is 4.03. The van der Waals surface area contributed by atoms with Crippen LogP contribution in [0.5, 0.6) is 17.2 Å². The van der Waals surface area contributed by atoms with Crippen molar-refractivity contribution in [3.8, 4) is 28.4 Å². The molecule has 9 heteroatoms. The van der Waals surface area contributed by atoms with Gasteiger partial charge in [-0.05, 0) is 35.9 Å². The molecule has 0 N–H and O–H groups in total. The fourth-order valence-corrected chi connectivity index (χ4v) is 4.69. The Kier molecular flexibility index (Phi) is 7.05. The van der Waals surface area contributed by atoms with E-state index < -0.39 is 11.8 Å². The predicted octanol–water partition coefficient (Wildman–Crippen LogP) is 6.00. The van der Waals surface area contributed by atoms with Gasteiger partial charge in [0.05, 0.1) is 43.6 Å². The topological polar surface area (TPSA) is 57.2 Å². The van der Waals surface area contributed by atoms with Gasteiger partial charge in [-0.25, -0.2) is 9.18 Å². The molecule has 3 aromatic rings. The summed E-state index contributed by atoms with van der Waals surface area (Å²) in [7, 11) is 4.46. The maximum absolute atomic E-state index is 13.9. The standard InChI is InChI=1S/C25H22Cl2FNO5/c1-31-20-7-4-14(10-21(20)32-2)13-29-8-9-34-24-17(25(30)33-3)6-5-16(23(24)29)22-18(26)11-15(28)12-19(22)27/h4-7,10-12H,8-9,13H2,1-3H3. The summed E-state index contributed by atoms with van der Waals surface area (Å²) in [6.07, 6.45) is 0. The summed E-state index contributed by atoms with van der Waals surface area (Å²) in [6.45, 7) is 1.33. The van der Waals surface area contributed by atoms with Crippen molar-refractivity contribution in [3.63, 3.8) is 0 Å². The lowest BCUT2D eigenvalue weighted by molar-refractivity contribution is 0.0595. The largest absolute Gasteiger partial charge is 0.493 e. The Labute approximate surface area is 206 Å². The summed E-state index contributed by atoms with van der Waals surface area (Å²) >= 11 is 12.8. The Morgan fingerprint density at radius 1 is 1.03 bits per heavy atom. The average molecular weight is 506 g/mol. The zero-order valence-electron chi connectivity index (χ0n) is 18.8. The molecule has 0 saturated carbocycles. The van der Waals surface area contributed by atoms with Crippen molar-refractivity contribution < 1.29 is 28.1 Å². The first-order chi connectivity index (χ1) is 16.4. The molecule has 0 radical (unpaired) electrons. The zero-order chi connectivity index (χ0) is 24.4. The van der Waals surface area contributed by atoms with E-state index in [0.29, 0.717) is 53.8 Å². The second-order valence-electron chi connectivity index (χ2n) is 7.53. The first-order valence-electron chi connectivity index (χ1n) is 10.4. The molecule has 0 saturated heterocycles. The number of methoxy groups -OCH3 is 3. The van der Waals surface area contributed by atoms with Crippen LogP contribution in [0.4, 0.5) is 10.1 Å². The van der Waals surface area contributed by atoms with Gasteiger partial charge < -0.3 is 23.8 Å². The molecule has 0 spiro atoms. The number of hydrogen-bond donors (Lipinski definition) is 0. The van der Waals surface area contributed by atoms with Crippen molar-refractivity contribution in [1.82, 2.24) is 0 Å². The van der Waals surface area contributed by atoms with E-state index in [2.05, 4.69) is 4.90 Å². The summed E-state index contributed by atoms with van der Waals surface area (Å²) in [6, 6.07) is 11.3. The number of nitrogens with zero attached hydrogens (tertiary/aromatic N) is 1. The summed E-state index contributed by atoms with van der Waals surface area (Å²) in [4.78, 5) is 14.5.